The second-order valence-corrected chi connectivity index (χ2v) is 9.32. The molecule has 1 saturated heterocycles. The summed E-state index contributed by atoms with van der Waals surface area (Å²) in [6, 6.07) is 7.96. The van der Waals surface area contributed by atoms with E-state index in [2.05, 4.69) is 42.1 Å². The standard InChI is InChI=1S/C22H19BrF3N7O/c23-15-1-2-16-17(9-15)28-11-14(10-27)19(16)31-5-3-13(4-6-31)20(34)32-7-8-33-18(12-32)29-30-21(33)22(24,25)26/h1-2,9,11,13H,3-8,12H2. The predicted octanol–water partition coefficient (Wildman–Crippen LogP) is 3.74. The maximum Gasteiger partial charge on any atom is 0.451 e. The zero-order valence-electron chi connectivity index (χ0n) is 17.9. The van der Waals surface area contributed by atoms with Gasteiger partial charge in [-0.3, -0.25) is 9.78 Å². The van der Waals surface area contributed by atoms with Crippen LogP contribution in [0.4, 0.5) is 18.9 Å². The highest BCUT2D eigenvalue weighted by atomic mass is 79.9. The summed E-state index contributed by atoms with van der Waals surface area (Å²) >= 11 is 3.45. The molecule has 1 amide bonds. The van der Waals surface area contributed by atoms with E-state index >= 15 is 0 Å². The summed E-state index contributed by atoms with van der Waals surface area (Å²) in [4.78, 5) is 21.2. The molecule has 176 valence electrons. The highest BCUT2D eigenvalue weighted by Crippen LogP contribution is 2.35. The molecule has 3 aromatic rings. The fraction of sp³-hybridized carbons (Fsp3) is 0.409. The van der Waals surface area contributed by atoms with Crippen LogP contribution in [0.3, 0.4) is 0 Å². The van der Waals surface area contributed by atoms with E-state index in [1.165, 1.54) is 0 Å². The van der Waals surface area contributed by atoms with Crippen LogP contribution in [0.1, 0.15) is 30.1 Å². The number of fused-ring (bicyclic) bond motifs is 2. The highest BCUT2D eigenvalue weighted by Gasteiger charge is 2.40. The van der Waals surface area contributed by atoms with Crippen LogP contribution in [-0.2, 0) is 24.1 Å². The van der Waals surface area contributed by atoms with Gasteiger partial charge in [-0.2, -0.15) is 18.4 Å². The number of benzene rings is 1. The zero-order valence-corrected chi connectivity index (χ0v) is 19.5. The number of carbonyl (C=O) groups excluding carboxylic acids is 1. The van der Waals surface area contributed by atoms with Gasteiger partial charge >= 0.3 is 6.18 Å². The number of halogens is 4. The molecule has 2 aliphatic heterocycles. The predicted molar refractivity (Wildman–Crippen MR) is 120 cm³/mol. The van der Waals surface area contributed by atoms with Crippen molar-refractivity contribution < 1.29 is 18.0 Å². The summed E-state index contributed by atoms with van der Waals surface area (Å²) in [5.41, 5.74) is 2.07. The molecule has 0 atom stereocenters. The lowest BCUT2D eigenvalue weighted by molar-refractivity contribution is -0.148. The van der Waals surface area contributed by atoms with Gasteiger partial charge in [0, 0.05) is 48.2 Å². The smallest absolute Gasteiger partial charge is 0.370 e. The third kappa shape index (κ3) is 3.98. The van der Waals surface area contributed by atoms with E-state index in [0.717, 1.165) is 25.6 Å². The molecule has 0 N–H and O–H groups in total. The SMILES string of the molecule is N#Cc1cnc2cc(Br)ccc2c1N1CCC(C(=O)N2CCn3c(nnc3C(F)(F)F)C2)CC1. The second kappa shape index (κ2) is 8.54. The number of nitriles is 1. The molecule has 34 heavy (non-hydrogen) atoms. The second-order valence-electron chi connectivity index (χ2n) is 8.40. The molecule has 1 aromatic carbocycles. The number of hydrogen-bond acceptors (Lipinski definition) is 6. The van der Waals surface area contributed by atoms with E-state index in [1.54, 1.807) is 11.1 Å². The fourth-order valence-electron chi connectivity index (χ4n) is 4.74. The van der Waals surface area contributed by atoms with Crippen LogP contribution in [0.5, 0.6) is 0 Å². The van der Waals surface area contributed by atoms with Crippen molar-refractivity contribution in [1.82, 2.24) is 24.6 Å². The van der Waals surface area contributed by atoms with Crippen LogP contribution < -0.4 is 4.90 Å². The molecule has 0 bridgehead atoms. The lowest BCUT2D eigenvalue weighted by atomic mass is 9.93. The van der Waals surface area contributed by atoms with Crippen LogP contribution in [-0.4, -0.2) is 50.2 Å². The van der Waals surface area contributed by atoms with Crippen LogP contribution in [0.15, 0.2) is 28.9 Å². The van der Waals surface area contributed by atoms with Crippen molar-refractivity contribution in [3.63, 3.8) is 0 Å². The molecular weight excluding hydrogens is 515 g/mol. The van der Waals surface area contributed by atoms with Gasteiger partial charge in [-0.1, -0.05) is 15.9 Å². The third-order valence-electron chi connectivity index (χ3n) is 6.40. The number of nitrogens with zero attached hydrogens (tertiary/aromatic N) is 7. The van der Waals surface area contributed by atoms with E-state index in [-0.39, 0.29) is 37.3 Å². The Morgan fingerprint density at radius 2 is 1.91 bits per heavy atom. The molecule has 0 aliphatic carbocycles. The summed E-state index contributed by atoms with van der Waals surface area (Å²) in [6.07, 6.45) is -1.83. The average Bonchev–Trinajstić information content (AvgIpc) is 3.27. The number of aromatic nitrogens is 4. The van der Waals surface area contributed by atoms with Crippen molar-refractivity contribution in [3.8, 4) is 6.07 Å². The quantitative estimate of drug-likeness (QED) is 0.498. The Balaban J connectivity index is 1.30. The maximum absolute atomic E-state index is 13.1. The summed E-state index contributed by atoms with van der Waals surface area (Å²) < 4.78 is 41.1. The van der Waals surface area contributed by atoms with Gasteiger partial charge in [-0.15, -0.1) is 10.2 Å². The molecular formula is C22H19BrF3N7O. The molecule has 1 fully saturated rings. The number of amides is 1. The maximum atomic E-state index is 13.1. The van der Waals surface area contributed by atoms with Gasteiger partial charge < -0.3 is 14.4 Å². The summed E-state index contributed by atoms with van der Waals surface area (Å²) in [6.45, 7) is 1.40. The summed E-state index contributed by atoms with van der Waals surface area (Å²) in [5, 5.41) is 17.4. The van der Waals surface area contributed by atoms with Gasteiger partial charge in [0.1, 0.15) is 6.07 Å². The number of piperidine rings is 1. The Morgan fingerprint density at radius 3 is 2.62 bits per heavy atom. The van der Waals surface area contributed by atoms with Gasteiger partial charge in [0.25, 0.3) is 0 Å². The van der Waals surface area contributed by atoms with Crippen molar-refractivity contribution in [2.24, 2.45) is 5.92 Å². The normalized spacial score (nSPS) is 17.0. The van der Waals surface area contributed by atoms with Crippen molar-refractivity contribution in [2.75, 3.05) is 24.5 Å². The molecule has 0 unspecified atom stereocenters. The van der Waals surface area contributed by atoms with Crippen LogP contribution in [0.25, 0.3) is 10.9 Å². The van der Waals surface area contributed by atoms with Crippen LogP contribution >= 0.6 is 15.9 Å². The number of pyridine rings is 1. The lowest BCUT2D eigenvalue weighted by Gasteiger charge is -2.37. The molecule has 5 rings (SSSR count). The van der Waals surface area contributed by atoms with Gasteiger partial charge in [-0.05, 0) is 31.0 Å². The van der Waals surface area contributed by atoms with Crippen LogP contribution in [0, 0.1) is 17.2 Å². The molecule has 12 heteroatoms. The molecule has 8 nitrogen and oxygen atoms in total. The Labute approximate surface area is 201 Å². The van der Waals surface area contributed by atoms with Crippen molar-refractivity contribution in [1.29, 1.82) is 5.26 Å². The minimum atomic E-state index is -4.57. The van der Waals surface area contributed by atoms with E-state index in [0.29, 0.717) is 31.5 Å². The zero-order chi connectivity index (χ0) is 24.0. The monoisotopic (exact) mass is 533 g/mol. The summed E-state index contributed by atoms with van der Waals surface area (Å²) in [5.74, 6) is -1.18. The molecule has 0 radical (unpaired) electrons. The van der Waals surface area contributed by atoms with Gasteiger partial charge in [0.2, 0.25) is 11.7 Å². The highest BCUT2D eigenvalue weighted by molar-refractivity contribution is 9.10. The molecule has 2 aromatic heterocycles. The number of rotatable bonds is 2. The molecule has 0 saturated carbocycles. The Bertz CT molecular complexity index is 1310. The first-order valence-corrected chi connectivity index (χ1v) is 11.6. The van der Waals surface area contributed by atoms with E-state index < -0.39 is 12.0 Å². The fourth-order valence-corrected chi connectivity index (χ4v) is 5.09. The summed E-state index contributed by atoms with van der Waals surface area (Å²) in [7, 11) is 0. The number of hydrogen-bond donors (Lipinski definition) is 0. The Hall–Kier alpha value is -3.20. The van der Waals surface area contributed by atoms with Crippen molar-refractivity contribution >= 4 is 38.4 Å². The molecule has 4 heterocycles. The van der Waals surface area contributed by atoms with Crippen molar-refractivity contribution in [2.45, 2.75) is 32.1 Å². The topological polar surface area (TPSA) is 90.9 Å². The lowest BCUT2D eigenvalue weighted by Crippen LogP contribution is -2.45. The first kappa shape index (κ1) is 22.6. The average molecular weight is 534 g/mol. The van der Waals surface area contributed by atoms with Gasteiger partial charge in [-0.25, -0.2) is 0 Å². The molecule has 2 aliphatic rings. The largest absolute Gasteiger partial charge is 0.451 e. The number of alkyl halides is 3. The van der Waals surface area contributed by atoms with E-state index in [1.807, 2.05) is 18.2 Å². The van der Waals surface area contributed by atoms with Gasteiger partial charge in [0.15, 0.2) is 5.82 Å². The number of anilines is 1. The first-order chi connectivity index (χ1) is 16.3. The van der Waals surface area contributed by atoms with Crippen LogP contribution in [0.2, 0.25) is 0 Å². The van der Waals surface area contributed by atoms with Crippen molar-refractivity contribution in [3.05, 3.63) is 46.1 Å². The minimum absolute atomic E-state index is 0.0184. The third-order valence-corrected chi connectivity index (χ3v) is 6.90. The minimum Gasteiger partial charge on any atom is -0.370 e. The number of carbonyl (C=O) groups is 1. The Morgan fingerprint density at radius 1 is 1.15 bits per heavy atom. The Kier molecular flexibility index (Phi) is 5.67. The van der Waals surface area contributed by atoms with Gasteiger partial charge in [0.05, 0.1) is 23.3 Å². The first-order valence-electron chi connectivity index (χ1n) is 10.8. The van der Waals surface area contributed by atoms with E-state index in [9.17, 15) is 23.2 Å². The molecule has 0 spiro atoms. The van der Waals surface area contributed by atoms with E-state index in [4.69, 9.17) is 0 Å².